The summed E-state index contributed by atoms with van der Waals surface area (Å²) in [5, 5.41) is 13.6. The van der Waals surface area contributed by atoms with E-state index in [9.17, 15) is 13.5 Å². The van der Waals surface area contributed by atoms with Crippen LogP contribution in [0, 0.1) is 6.92 Å². The molecule has 4 nitrogen and oxygen atoms in total. The van der Waals surface area contributed by atoms with Crippen molar-refractivity contribution < 1.29 is 13.5 Å². The normalized spacial score (nSPS) is 13.2. The van der Waals surface area contributed by atoms with Crippen LogP contribution in [0.15, 0.2) is 39.9 Å². The first-order chi connectivity index (χ1) is 11.0. The van der Waals surface area contributed by atoms with Crippen LogP contribution in [0.2, 0.25) is 5.02 Å². The molecule has 0 saturated carbocycles. The molecule has 1 atom stereocenters. The summed E-state index contributed by atoms with van der Waals surface area (Å²) in [6, 6.07) is 6.86. The van der Waals surface area contributed by atoms with Crippen LogP contribution in [-0.4, -0.2) is 26.7 Å². The Hall–Kier alpha value is -0.920. The van der Waals surface area contributed by atoms with Crippen LogP contribution >= 0.6 is 22.9 Å². The SMILES string of the molecule is Cc1c(Cl)cccc1S(=O)(=O)NCC[C@H](CCO)c1ccsc1. The van der Waals surface area contributed by atoms with Crippen LogP contribution in [-0.2, 0) is 10.0 Å². The molecule has 0 aliphatic heterocycles. The first-order valence-electron chi connectivity index (χ1n) is 7.33. The number of halogens is 1. The minimum absolute atomic E-state index is 0.0840. The molecular formula is C16H20ClNO3S2. The Balaban J connectivity index is 2.03. The number of aliphatic hydroxyl groups excluding tert-OH is 1. The molecule has 0 saturated heterocycles. The smallest absolute Gasteiger partial charge is 0.240 e. The Bertz CT molecular complexity index is 730. The van der Waals surface area contributed by atoms with Crippen molar-refractivity contribution in [2.45, 2.75) is 30.6 Å². The first-order valence-corrected chi connectivity index (χ1v) is 10.1. The second kappa shape index (κ2) is 8.26. The molecule has 1 heterocycles. The Morgan fingerprint density at radius 3 is 2.74 bits per heavy atom. The zero-order valence-electron chi connectivity index (χ0n) is 12.8. The second-order valence-corrected chi connectivity index (χ2v) is 8.24. The van der Waals surface area contributed by atoms with Gasteiger partial charge in [-0.15, -0.1) is 0 Å². The third kappa shape index (κ3) is 4.78. The molecule has 0 spiro atoms. The van der Waals surface area contributed by atoms with Gasteiger partial charge in [-0.05, 0) is 65.8 Å². The highest BCUT2D eigenvalue weighted by atomic mass is 35.5. The predicted molar refractivity (Wildman–Crippen MR) is 94.8 cm³/mol. The Morgan fingerprint density at radius 2 is 2.09 bits per heavy atom. The number of sulfonamides is 1. The zero-order valence-corrected chi connectivity index (χ0v) is 15.2. The van der Waals surface area contributed by atoms with Crippen LogP contribution in [0.25, 0.3) is 0 Å². The van der Waals surface area contributed by atoms with Gasteiger partial charge in [-0.25, -0.2) is 13.1 Å². The van der Waals surface area contributed by atoms with Gasteiger partial charge in [0, 0.05) is 18.2 Å². The summed E-state index contributed by atoms with van der Waals surface area (Å²) in [5.74, 6) is 0.148. The lowest BCUT2D eigenvalue weighted by Crippen LogP contribution is -2.26. The van der Waals surface area contributed by atoms with E-state index >= 15 is 0 Å². The van der Waals surface area contributed by atoms with Gasteiger partial charge in [0.15, 0.2) is 0 Å². The Kier molecular flexibility index (Phi) is 6.61. The highest BCUT2D eigenvalue weighted by Gasteiger charge is 2.19. The summed E-state index contributed by atoms with van der Waals surface area (Å²) >= 11 is 7.59. The van der Waals surface area contributed by atoms with Crippen molar-refractivity contribution in [1.82, 2.24) is 4.72 Å². The molecule has 0 fully saturated rings. The molecule has 23 heavy (non-hydrogen) atoms. The summed E-state index contributed by atoms with van der Waals surface area (Å²) < 4.78 is 27.5. The predicted octanol–water partition coefficient (Wildman–Crippen LogP) is 3.54. The lowest BCUT2D eigenvalue weighted by Gasteiger charge is -2.16. The fourth-order valence-electron chi connectivity index (χ4n) is 2.46. The molecule has 0 bridgehead atoms. The van der Waals surface area contributed by atoms with Crippen molar-refractivity contribution in [3.63, 3.8) is 0 Å². The lowest BCUT2D eigenvalue weighted by atomic mass is 9.95. The third-order valence-electron chi connectivity index (χ3n) is 3.78. The molecule has 1 aromatic carbocycles. The van der Waals surface area contributed by atoms with Crippen LogP contribution in [0.1, 0.15) is 29.9 Å². The van der Waals surface area contributed by atoms with Gasteiger partial charge in [0.05, 0.1) is 4.90 Å². The minimum Gasteiger partial charge on any atom is -0.396 e. The first kappa shape index (κ1) is 18.4. The molecule has 2 N–H and O–H groups in total. The molecule has 126 valence electrons. The Morgan fingerprint density at radius 1 is 1.30 bits per heavy atom. The standard InChI is InChI=1S/C16H20ClNO3S2/c1-12-15(17)3-2-4-16(12)23(20,21)18-8-5-13(6-9-19)14-7-10-22-11-14/h2-4,7,10-11,13,18-19H,5-6,8-9H2,1H3/t13-/m1/s1. The van der Waals surface area contributed by atoms with Crippen molar-refractivity contribution in [2.75, 3.05) is 13.2 Å². The maximum atomic E-state index is 12.4. The van der Waals surface area contributed by atoms with Gasteiger partial charge in [-0.3, -0.25) is 0 Å². The number of aliphatic hydroxyl groups is 1. The molecular weight excluding hydrogens is 354 g/mol. The molecule has 2 aromatic rings. The molecule has 0 amide bonds. The van der Waals surface area contributed by atoms with Gasteiger partial charge >= 0.3 is 0 Å². The minimum atomic E-state index is -3.59. The number of nitrogens with one attached hydrogen (secondary N) is 1. The summed E-state index contributed by atoms with van der Waals surface area (Å²) in [5.41, 5.74) is 1.69. The van der Waals surface area contributed by atoms with Crippen LogP contribution in [0.3, 0.4) is 0 Å². The zero-order chi connectivity index (χ0) is 16.9. The Labute approximate surface area is 146 Å². The van der Waals surface area contributed by atoms with Crippen LogP contribution < -0.4 is 4.72 Å². The number of thiophene rings is 1. The highest BCUT2D eigenvalue weighted by Crippen LogP contribution is 2.26. The van der Waals surface area contributed by atoms with E-state index in [1.807, 2.05) is 16.8 Å². The average Bonchev–Trinajstić information content (AvgIpc) is 3.03. The topological polar surface area (TPSA) is 66.4 Å². The van der Waals surface area contributed by atoms with E-state index in [0.717, 1.165) is 5.56 Å². The lowest BCUT2D eigenvalue weighted by molar-refractivity contribution is 0.273. The van der Waals surface area contributed by atoms with E-state index in [1.165, 1.54) is 0 Å². The number of rotatable bonds is 8. The van der Waals surface area contributed by atoms with Gasteiger partial charge in [0.1, 0.15) is 0 Å². The largest absolute Gasteiger partial charge is 0.396 e. The average molecular weight is 374 g/mol. The number of benzene rings is 1. The molecule has 0 unspecified atom stereocenters. The summed E-state index contributed by atoms with van der Waals surface area (Å²) in [6.07, 6.45) is 1.25. The van der Waals surface area contributed by atoms with E-state index in [0.29, 0.717) is 30.0 Å². The van der Waals surface area contributed by atoms with E-state index < -0.39 is 10.0 Å². The fourth-order valence-corrected chi connectivity index (χ4v) is 4.75. The monoisotopic (exact) mass is 373 g/mol. The van der Waals surface area contributed by atoms with E-state index in [4.69, 9.17) is 11.6 Å². The maximum absolute atomic E-state index is 12.4. The van der Waals surface area contributed by atoms with Crippen molar-refractivity contribution in [3.05, 3.63) is 51.2 Å². The van der Waals surface area contributed by atoms with Crippen molar-refractivity contribution in [1.29, 1.82) is 0 Å². The highest BCUT2D eigenvalue weighted by molar-refractivity contribution is 7.89. The van der Waals surface area contributed by atoms with E-state index in [1.54, 1.807) is 36.5 Å². The fraction of sp³-hybridized carbons (Fsp3) is 0.375. The third-order valence-corrected chi connectivity index (χ3v) is 6.50. The second-order valence-electron chi connectivity index (χ2n) is 5.32. The molecule has 0 aliphatic carbocycles. The quantitative estimate of drug-likeness (QED) is 0.743. The van der Waals surface area contributed by atoms with Crippen LogP contribution in [0.5, 0.6) is 0 Å². The molecule has 0 radical (unpaired) electrons. The molecule has 0 aliphatic rings. The summed E-state index contributed by atoms with van der Waals surface area (Å²) in [4.78, 5) is 0.208. The van der Waals surface area contributed by atoms with Crippen LogP contribution in [0.4, 0.5) is 0 Å². The maximum Gasteiger partial charge on any atom is 0.240 e. The molecule has 1 aromatic heterocycles. The van der Waals surface area contributed by atoms with Gasteiger partial charge in [0.2, 0.25) is 10.0 Å². The van der Waals surface area contributed by atoms with E-state index in [2.05, 4.69) is 4.72 Å². The van der Waals surface area contributed by atoms with Crippen molar-refractivity contribution in [3.8, 4) is 0 Å². The van der Waals surface area contributed by atoms with E-state index in [-0.39, 0.29) is 17.4 Å². The molecule has 2 rings (SSSR count). The van der Waals surface area contributed by atoms with Crippen molar-refractivity contribution in [2.24, 2.45) is 0 Å². The van der Waals surface area contributed by atoms with Gasteiger partial charge in [-0.1, -0.05) is 17.7 Å². The number of hydrogen-bond acceptors (Lipinski definition) is 4. The van der Waals surface area contributed by atoms with Crippen molar-refractivity contribution >= 4 is 33.0 Å². The summed E-state index contributed by atoms with van der Waals surface area (Å²) in [7, 11) is -3.59. The van der Waals surface area contributed by atoms with Gasteiger partial charge in [0.25, 0.3) is 0 Å². The molecule has 7 heteroatoms. The van der Waals surface area contributed by atoms with Gasteiger partial charge in [-0.2, -0.15) is 11.3 Å². The van der Waals surface area contributed by atoms with Gasteiger partial charge < -0.3 is 5.11 Å². The number of hydrogen-bond donors (Lipinski definition) is 2. The summed E-state index contributed by atoms with van der Waals surface area (Å²) in [6.45, 7) is 2.09.